The summed E-state index contributed by atoms with van der Waals surface area (Å²) in [6, 6.07) is 1.95. The van der Waals surface area contributed by atoms with Gasteiger partial charge in [-0.25, -0.2) is 9.59 Å². The molecule has 8 heteroatoms. The lowest BCUT2D eigenvalue weighted by molar-refractivity contribution is -0.184. The van der Waals surface area contributed by atoms with Crippen LogP contribution in [0.4, 0.5) is 0 Å². The van der Waals surface area contributed by atoms with Crippen molar-refractivity contribution in [1.82, 2.24) is 5.32 Å². The summed E-state index contributed by atoms with van der Waals surface area (Å²) in [4.78, 5) is 21.4. The molecule has 5 N–H and O–H groups in total. The second-order valence-electron chi connectivity index (χ2n) is 4.09. The molecule has 0 radical (unpaired) electrons. The van der Waals surface area contributed by atoms with Crippen LogP contribution < -0.4 is 5.32 Å². The highest BCUT2D eigenvalue weighted by Gasteiger charge is 2.47. The molecule has 0 aliphatic rings. The second kappa shape index (κ2) is 8.42. The maximum absolute atomic E-state index is 10.8. The molecule has 0 heterocycles. The Bertz CT molecular complexity index is 354. The van der Waals surface area contributed by atoms with Crippen molar-refractivity contribution in [2.45, 2.75) is 37.4 Å². The standard InChI is InChI=1S/C11H18N2O6/c12-5-3-7-13-6-2-1-4-11(19,10(17)18)8(14)9(15)16/h8,13-14,19H,1-4,6-7H2,(H,15,16)(H,17,18). The number of rotatable bonds is 10. The van der Waals surface area contributed by atoms with Gasteiger partial charge in [0.15, 0.2) is 11.7 Å². The smallest absolute Gasteiger partial charge is 0.339 e. The fourth-order valence-corrected chi connectivity index (χ4v) is 1.48. The molecule has 8 nitrogen and oxygen atoms in total. The van der Waals surface area contributed by atoms with Gasteiger partial charge in [-0.15, -0.1) is 0 Å². The average Bonchev–Trinajstić information content (AvgIpc) is 2.36. The van der Waals surface area contributed by atoms with Gasteiger partial charge in [0.25, 0.3) is 0 Å². The topological polar surface area (TPSA) is 151 Å². The van der Waals surface area contributed by atoms with Crippen molar-refractivity contribution in [1.29, 1.82) is 5.26 Å². The minimum Gasteiger partial charge on any atom is -0.479 e. The fraction of sp³-hybridized carbons (Fsp3) is 0.727. The minimum absolute atomic E-state index is 0.229. The Morgan fingerprint density at radius 1 is 1.26 bits per heavy atom. The van der Waals surface area contributed by atoms with Crippen LogP contribution in [0.3, 0.4) is 0 Å². The van der Waals surface area contributed by atoms with Gasteiger partial charge in [-0.05, 0) is 25.8 Å². The molecule has 0 aromatic heterocycles. The molecule has 0 spiro atoms. The SMILES string of the molecule is N#CCCNCCCCC(O)(C(=O)O)C(O)C(=O)O. The number of nitrogens with one attached hydrogen (secondary N) is 1. The van der Waals surface area contributed by atoms with Gasteiger partial charge in [0.2, 0.25) is 0 Å². The van der Waals surface area contributed by atoms with E-state index in [0.717, 1.165) is 0 Å². The molecule has 108 valence electrons. The van der Waals surface area contributed by atoms with Crippen molar-refractivity contribution >= 4 is 11.9 Å². The van der Waals surface area contributed by atoms with Crippen LogP contribution in [0, 0.1) is 11.3 Å². The molecule has 0 bridgehead atoms. The maximum atomic E-state index is 10.8. The lowest BCUT2D eigenvalue weighted by Gasteiger charge is -2.25. The summed E-state index contributed by atoms with van der Waals surface area (Å²) in [5.41, 5.74) is -2.68. The van der Waals surface area contributed by atoms with Gasteiger partial charge >= 0.3 is 11.9 Å². The van der Waals surface area contributed by atoms with E-state index in [2.05, 4.69) is 5.32 Å². The Morgan fingerprint density at radius 3 is 2.37 bits per heavy atom. The van der Waals surface area contributed by atoms with Crippen molar-refractivity contribution in [2.24, 2.45) is 0 Å². The number of nitriles is 1. The summed E-state index contributed by atoms with van der Waals surface area (Å²) in [7, 11) is 0. The quantitative estimate of drug-likeness (QED) is 0.315. The van der Waals surface area contributed by atoms with E-state index >= 15 is 0 Å². The zero-order valence-corrected chi connectivity index (χ0v) is 10.4. The number of carboxylic acid groups (broad SMARTS) is 2. The highest BCUT2D eigenvalue weighted by atomic mass is 16.4. The first-order valence-electron chi connectivity index (χ1n) is 5.80. The summed E-state index contributed by atoms with van der Waals surface area (Å²) in [6.45, 7) is 1.03. The predicted octanol–water partition coefficient (Wildman–Crippen LogP) is -1.08. The molecule has 0 aliphatic heterocycles. The van der Waals surface area contributed by atoms with Crippen LogP contribution in [0.5, 0.6) is 0 Å². The van der Waals surface area contributed by atoms with Gasteiger partial charge in [0.05, 0.1) is 6.07 Å². The predicted molar refractivity (Wildman–Crippen MR) is 63.2 cm³/mol. The summed E-state index contributed by atoms with van der Waals surface area (Å²) < 4.78 is 0. The van der Waals surface area contributed by atoms with Crippen molar-refractivity contribution in [3.8, 4) is 6.07 Å². The molecule has 2 atom stereocenters. The van der Waals surface area contributed by atoms with Gasteiger partial charge in [0, 0.05) is 13.0 Å². The van der Waals surface area contributed by atoms with E-state index in [1.807, 2.05) is 6.07 Å². The summed E-state index contributed by atoms with van der Waals surface area (Å²) in [6.07, 6.45) is -1.65. The molecule has 0 fully saturated rings. The third kappa shape index (κ3) is 5.65. The number of nitrogens with zero attached hydrogens (tertiary/aromatic N) is 1. The lowest BCUT2D eigenvalue weighted by Crippen LogP contribution is -2.53. The molecule has 0 aliphatic carbocycles. The van der Waals surface area contributed by atoms with E-state index < -0.39 is 23.6 Å². The molecular formula is C11H18N2O6. The third-order valence-corrected chi connectivity index (χ3v) is 2.63. The monoisotopic (exact) mass is 274 g/mol. The molecule has 0 aromatic rings. The van der Waals surface area contributed by atoms with E-state index in [0.29, 0.717) is 25.9 Å². The number of carboxylic acids is 2. The van der Waals surface area contributed by atoms with Crippen LogP contribution in [0.25, 0.3) is 0 Å². The lowest BCUT2D eigenvalue weighted by atomic mass is 9.90. The van der Waals surface area contributed by atoms with E-state index in [9.17, 15) is 19.8 Å². The van der Waals surface area contributed by atoms with E-state index in [1.54, 1.807) is 0 Å². The fourth-order valence-electron chi connectivity index (χ4n) is 1.48. The summed E-state index contributed by atoms with van der Waals surface area (Å²) in [5.74, 6) is -3.54. The van der Waals surface area contributed by atoms with Crippen LogP contribution in [0.1, 0.15) is 25.7 Å². The van der Waals surface area contributed by atoms with Gasteiger partial charge in [-0.3, -0.25) is 0 Å². The number of aliphatic carboxylic acids is 2. The van der Waals surface area contributed by atoms with Gasteiger partial charge < -0.3 is 25.7 Å². The Balaban J connectivity index is 4.14. The van der Waals surface area contributed by atoms with Crippen molar-refractivity contribution < 1.29 is 30.0 Å². The zero-order chi connectivity index (χ0) is 14.9. The summed E-state index contributed by atoms with van der Waals surface area (Å²) in [5, 5.41) is 47.4. The molecule has 0 saturated carbocycles. The Labute approximate surface area is 110 Å². The number of hydrogen-bond donors (Lipinski definition) is 5. The highest BCUT2D eigenvalue weighted by Crippen LogP contribution is 2.19. The highest BCUT2D eigenvalue weighted by molar-refractivity contribution is 5.87. The summed E-state index contributed by atoms with van der Waals surface area (Å²) >= 11 is 0. The Kier molecular flexibility index (Phi) is 7.67. The van der Waals surface area contributed by atoms with Crippen molar-refractivity contribution in [3.05, 3.63) is 0 Å². The van der Waals surface area contributed by atoms with Crippen LogP contribution in [0.15, 0.2) is 0 Å². The second-order valence-corrected chi connectivity index (χ2v) is 4.09. The number of unbranched alkanes of at least 4 members (excludes halogenated alkanes) is 1. The van der Waals surface area contributed by atoms with Crippen LogP contribution >= 0.6 is 0 Å². The third-order valence-electron chi connectivity index (χ3n) is 2.63. The van der Waals surface area contributed by atoms with E-state index in [1.165, 1.54) is 0 Å². The largest absolute Gasteiger partial charge is 0.479 e. The first-order chi connectivity index (χ1) is 8.86. The molecule has 0 aromatic carbocycles. The Hall–Kier alpha value is -1.69. The minimum atomic E-state index is -2.68. The van der Waals surface area contributed by atoms with Gasteiger partial charge in [0.1, 0.15) is 0 Å². The number of aliphatic hydroxyl groups excluding tert-OH is 1. The zero-order valence-electron chi connectivity index (χ0n) is 10.4. The number of hydrogen-bond acceptors (Lipinski definition) is 6. The molecule has 0 saturated heterocycles. The van der Waals surface area contributed by atoms with Crippen molar-refractivity contribution in [2.75, 3.05) is 13.1 Å². The van der Waals surface area contributed by atoms with Gasteiger partial charge in [-0.1, -0.05) is 0 Å². The van der Waals surface area contributed by atoms with Crippen LogP contribution in [-0.4, -0.2) is 57.2 Å². The number of aliphatic hydroxyl groups is 2. The van der Waals surface area contributed by atoms with E-state index in [4.69, 9.17) is 15.5 Å². The molecule has 0 amide bonds. The molecule has 19 heavy (non-hydrogen) atoms. The van der Waals surface area contributed by atoms with E-state index in [-0.39, 0.29) is 12.8 Å². The molecule has 2 unspecified atom stereocenters. The average molecular weight is 274 g/mol. The molecular weight excluding hydrogens is 256 g/mol. The first kappa shape index (κ1) is 17.3. The van der Waals surface area contributed by atoms with Gasteiger partial charge in [-0.2, -0.15) is 5.26 Å². The molecule has 0 rings (SSSR count). The first-order valence-corrected chi connectivity index (χ1v) is 5.80. The van der Waals surface area contributed by atoms with Crippen LogP contribution in [-0.2, 0) is 9.59 Å². The normalized spacial score (nSPS) is 15.2. The van der Waals surface area contributed by atoms with Crippen molar-refractivity contribution in [3.63, 3.8) is 0 Å². The maximum Gasteiger partial charge on any atom is 0.339 e. The Morgan fingerprint density at radius 2 is 1.89 bits per heavy atom. The number of carbonyl (C=O) groups is 2. The van der Waals surface area contributed by atoms with Crippen LogP contribution in [0.2, 0.25) is 0 Å².